The molecule has 2 saturated heterocycles. The highest BCUT2D eigenvalue weighted by atomic mass is 32.2. The minimum Gasteiger partial charge on any atom is -0.489 e. The van der Waals surface area contributed by atoms with E-state index < -0.39 is 39.4 Å². The fourth-order valence-electron chi connectivity index (χ4n) is 3.77. The van der Waals surface area contributed by atoms with Crippen LogP contribution in [0.3, 0.4) is 0 Å². The number of aliphatic hydroxyl groups is 1. The van der Waals surface area contributed by atoms with Crippen LogP contribution >= 0.6 is 0 Å². The highest BCUT2D eigenvalue weighted by molar-refractivity contribution is 7.89. The molecule has 0 aliphatic carbocycles. The number of aromatic nitrogens is 1. The molecule has 0 saturated carbocycles. The summed E-state index contributed by atoms with van der Waals surface area (Å²) in [6.45, 7) is -0.449. The van der Waals surface area contributed by atoms with E-state index in [1.54, 1.807) is 24.5 Å². The number of pyridine rings is 1. The summed E-state index contributed by atoms with van der Waals surface area (Å²) in [5.41, 5.74) is 2.54. The Morgan fingerprint density at radius 3 is 2.48 bits per heavy atom. The molecule has 29 heavy (non-hydrogen) atoms. The molecule has 1 aromatic heterocycles. The van der Waals surface area contributed by atoms with E-state index in [9.17, 15) is 28.2 Å². The maximum absolute atomic E-state index is 13.1. The first-order valence-electron chi connectivity index (χ1n) is 9.20. The van der Waals surface area contributed by atoms with Gasteiger partial charge in [-0.15, -0.1) is 0 Å². The Labute approximate surface area is 168 Å². The summed E-state index contributed by atoms with van der Waals surface area (Å²) in [5, 5.41) is 18.6. The van der Waals surface area contributed by atoms with Crippen molar-refractivity contribution in [1.82, 2.24) is 14.2 Å². The molecule has 2 aliphatic heterocycles. The van der Waals surface area contributed by atoms with Crippen LogP contribution in [0, 0.1) is 0 Å². The van der Waals surface area contributed by atoms with Crippen LogP contribution in [0.2, 0.25) is 0 Å². The topological polar surface area (TPSA) is 163 Å². The molecule has 3 rings (SSSR count). The molecule has 3 heterocycles. The average molecular weight is 428 g/mol. The second kappa shape index (κ2) is 8.13. The van der Waals surface area contributed by atoms with Gasteiger partial charge in [-0.25, -0.2) is 22.3 Å². The lowest BCUT2D eigenvalue weighted by Crippen LogP contribution is -2.67. The quantitative estimate of drug-likeness (QED) is 0.550. The lowest BCUT2D eigenvalue weighted by molar-refractivity contribution is -0.162. The summed E-state index contributed by atoms with van der Waals surface area (Å²) < 4.78 is 33.2. The molecule has 0 radical (unpaired) electrons. The van der Waals surface area contributed by atoms with Crippen molar-refractivity contribution in [3.8, 4) is 5.75 Å². The van der Waals surface area contributed by atoms with Gasteiger partial charge in [-0.3, -0.25) is 4.98 Å². The molecule has 160 valence electrons. The van der Waals surface area contributed by atoms with E-state index in [2.05, 4.69) is 4.98 Å². The van der Waals surface area contributed by atoms with Gasteiger partial charge in [0.1, 0.15) is 17.1 Å². The number of primary amides is 1. The summed E-state index contributed by atoms with van der Waals surface area (Å²) in [6.07, 6.45) is 3.61. The minimum atomic E-state index is -4.13. The van der Waals surface area contributed by atoms with E-state index in [1.807, 2.05) is 0 Å². The Morgan fingerprint density at radius 1 is 1.24 bits per heavy atom. The number of carbonyl (C=O) groups excluding carboxylic acids is 1. The van der Waals surface area contributed by atoms with Crippen LogP contribution in [-0.2, 0) is 14.8 Å². The first kappa shape index (κ1) is 21.3. The van der Waals surface area contributed by atoms with Crippen molar-refractivity contribution in [3.05, 3.63) is 24.5 Å². The van der Waals surface area contributed by atoms with Gasteiger partial charge in [0.2, 0.25) is 10.0 Å². The monoisotopic (exact) mass is 428 g/mol. The molecule has 2 fully saturated rings. The third-order valence-electron chi connectivity index (χ3n) is 5.37. The fraction of sp³-hybridized carbons (Fsp3) is 0.588. The predicted molar refractivity (Wildman–Crippen MR) is 101 cm³/mol. The number of piperidine rings is 2. The number of rotatable bonds is 5. The Hall–Kier alpha value is -2.44. The van der Waals surface area contributed by atoms with E-state index in [0.29, 0.717) is 18.6 Å². The second-order valence-corrected chi connectivity index (χ2v) is 9.33. The van der Waals surface area contributed by atoms with Crippen molar-refractivity contribution in [3.63, 3.8) is 0 Å². The molecule has 0 bridgehead atoms. The van der Waals surface area contributed by atoms with E-state index in [-0.39, 0.29) is 32.2 Å². The maximum Gasteiger partial charge on any atom is 0.339 e. The van der Waals surface area contributed by atoms with Gasteiger partial charge < -0.3 is 25.6 Å². The molecule has 2 atom stereocenters. The molecule has 11 nitrogen and oxygen atoms in total. The van der Waals surface area contributed by atoms with Gasteiger partial charge in [0.25, 0.3) is 0 Å². The molecule has 0 spiro atoms. The zero-order valence-corrected chi connectivity index (χ0v) is 16.5. The molecular weight excluding hydrogens is 404 g/mol. The third-order valence-corrected chi connectivity index (χ3v) is 7.79. The Morgan fingerprint density at radius 2 is 1.93 bits per heavy atom. The van der Waals surface area contributed by atoms with Gasteiger partial charge in [-0.1, -0.05) is 0 Å². The predicted octanol–water partition coefficient (Wildman–Crippen LogP) is -0.777. The lowest BCUT2D eigenvalue weighted by atomic mass is 9.92. The number of nitrogens with zero attached hydrogens (tertiary/aromatic N) is 3. The van der Waals surface area contributed by atoms with Gasteiger partial charge in [0.15, 0.2) is 5.60 Å². The normalized spacial score (nSPS) is 26.8. The van der Waals surface area contributed by atoms with Crippen molar-refractivity contribution >= 4 is 22.0 Å². The van der Waals surface area contributed by atoms with Crippen molar-refractivity contribution < 1.29 is 33.0 Å². The molecule has 12 heteroatoms. The van der Waals surface area contributed by atoms with Gasteiger partial charge in [-0.2, -0.15) is 0 Å². The molecule has 1 aromatic rings. The van der Waals surface area contributed by atoms with Crippen LogP contribution in [0.4, 0.5) is 4.79 Å². The van der Waals surface area contributed by atoms with Gasteiger partial charge in [-0.05, 0) is 31.4 Å². The average Bonchev–Trinajstić information content (AvgIpc) is 2.68. The number of carboxylic acids is 1. The first-order chi connectivity index (χ1) is 13.6. The molecular formula is C17H24N4O7S. The zero-order chi connectivity index (χ0) is 21.2. The molecule has 0 aromatic carbocycles. The second-order valence-electron chi connectivity index (χ2n) is 7.22. The van der Waals surface area contributed by atoms with Crippen LogP contribution < -0.4 is 10.5 Å². The third kappa shape index (κ3) is 4.28. The lowest BCUT2D eigenvalue weighted by Gasteiger charge is -2.43. The van der Waals surface area contributed by atoms with Crippen molar-refractivity contribution in [1.29, 1.82) is 0 Å². The standard InChI is InChI=1S/C17H24N4O7S/c18-16(24)20-7-5-14(17(25,11-20)15(22)23)29(26,27)21-8-3-12(4-9-21)28-13-2-1-6-19-10-13/h1-2,6,10,12,14,25H,3-5,7-9,11H2,(H2,18,24)(H,22,23). The SMILES string of the molecule is NC(=O)N1CCC(S(=O)(=O)N2CCC(Oc3cccnc3)CC2)C(O)(C(=O)O)C1. The number of carbonyl (C=O) groups is 2. The van der Waals surface area contributed by atoms with Crippen LogP contribution in [0.1, 0.15) is 19.3 Å². The number of hydrogen-bond acceptors (Lipinski definition) is 7. The van der Waals surface area contributed by atoms with Gasteiger partial charge in [0, 0.05) is 25.8 Å². The number of ether oxygens (including phenoxy) is 1. The largest absolute Gasteiger partial charge is 0.489 e. The molecule has 2 unspecified atom stereocenters. The van der Waals surface area contributed by atoms with Crippen LogP contribution in [0.15, 0.2) is 24.5 Å². The van der Waals surface area contributed by atoms with Crippen molar-refractivity contribution in [2.24, 2.45) is 5.73 Å². The number of hydrogen-bond donors (Lipinski definition) is 3. The first-order valence-corrected chi connectivity index (χ1v) is 10.7. The van der Waals surface area contributed by atoms with Crippen molar-refractivity contribution in [2.75, 3.05) is 26.2 Å². The van der Waals surface area contributed by atoms with Gasteiger partial charge in [0.05, 0.1) is 12.7 Å². The number of aliphatic carboxylic acids is 1. The highest BCUT2D eigenvalue weighted by Gasteiger charge is 2.56. The minimum absolute atomic E-state index is 0.0462. The summed E-state index contributed by atoms with van der Waals surface area (Å²) in [4.78, 5) is 28.0. The van der Waals surface area contributed by atoms with Gasteiger partial charge >= 0.3 is 12.0 Å². The zero-order valence-electron chi connectivity index (χ0n) is 15.7. The smallest absolute Gasteiger partial charge is 0.339 e. The molecule has 2 aliphatic rings. The summed E-state index contributed by atoms with van der Waals surface area (Å²) in [5.74, 6) is -1.11. The van der Waals surface area contributed by atoms with Crippen LogP contribution in [-0.4, -0.2) is 88.0 Å². The van der Waals surface area contributed by atoms with E-state index in [4.69, 9.17) is 10.5 Å². The number of amides is 2. The number of carboxylic acid groups (broad SMARTS) is 1. The Kier molecular flexibility index (Phi) is 5.96. The van der Waals surface area contributed by atoms with E-state index in [0.717, 1.165) is 4.90 Å². The summed E-state index contributed by atoms with van der Waals surface area (Å²) in [7, 11) is -4.13. The number of nitrogens with two attached hydrogens (primary N) is 1. The number of likely N-dealkylation sites (tertiary alicyclic amines) is 1. The summed E-state index contributed by atoms with van der Waals surface area (Å²) in [6, 6.07) is 2.59. The van der Waals surface area contributed by atoms with Crippen LogP contribution in [0.5, 0.6) is 5.75 Å². The highest BCUT2D eigenvalue weighted by Crippen LogP contribution is 2.32. The maximum atomic E-state index is 13.1. The van der Waals surface area contributed by atoms with E-state index in [1.165, 1.54) is 4.31 Å². The number of urea groups is 1. The summed E-state index contributed by atoms with van der Waals surface area (Å²) >= 11 is 0. The number of sulfonamides is 1. The molecule has 4 N–H and O–H groups in total. The Balaban J connectivity index is 1.70. The Bertz CT molecular complexity index is 858. The van der Waals surface area contributed by atoms with Crippen molar-refractivity contribution in [2.45, 2.75) is 36.2 Å². The van der Waals surface area contributed by atoms with E-state index >= 15 is 0 Å². The molecule has 2 amide bonds. The number of β-amino-alcohol motifs (C(OH)–C–C–N with tert-alkyl or cyclic N) is 1. The van der Waals surface area contributed by atoms with Crippen LogP contribution in [0.25, 0.3) is 0 Å². The fourth-order valence-corrected chi connectivity index (χ4v) is 5.92.